The second kappa shape index (κ2) is 16.9. The van der Waals surface area contributed by atoms with Crippen LogP contribution >= 0.6 is 11.8 Å². The smallest absolute Gasteiger partial charge is 0.437 e. The molecule has 0 radical (unpaired) electrons. The van der Waals surface area contributed by atoms with Crippen LogP contribution in [-0.2, 0) is 10.3 Å². The van der Waals surface area contributed by atoms with Gasteiger partial charge < -0.3 is 9.64 Å². The van der Waals surface area contributed by atoms with Gasteiger partial charge in [-0.3, -0.25) is 0 Å². The summed E-state index contributed by atoms with van der Waals surface area (Å²) in [6, 6.07) is 20.5. The van der Waals surface area contributed by atoms with E-state index in [1.54, 1.807) is 30.0 Å². The molecule has 2 aliphatic rings. The molecule has 1 aliphatic carbocycles. The lowest BCUT2D eigenvalue weighted by atomic mass is 9.74. The average Bonchev–Trinajstić information content (AvgIpc) is 3.45. The lowest BCUT2D eigenvalue weighted by Gasteiger charge is -2.34. The van der Waals surface area contributed by atoms with E-state index in [0.29, 0.717) is 6.42 Å². The number of halogens is 3. The third kappa shape index (κ3) is 8.53. The maximum Gasteiger partial charge on any atom is 0.437 e. The van der Waals surface area contributed by atoms with Crippen LogP contribution in [-0.4, -0.2) is 25.0 Å². The van der Waals surface area contributed by atoms with Crippen LogP contribution in [0.1, 0.15) is 71.4 Å². The van der Waals surface area contributed by atoms with Crippen molar-refractivity contribution in [2.75, 3.05) is 23.7 Å². The van der Waals surface area contributed by atoms with Crippen molar-refractivity contribution in [3.63, 3.8) is 0 Å². The third-order valence-corrected chi connectivity index (χ3v) is 10.3. The molecule has 1 heterocycles. The topological polar surface area (TPSA) is 83.8 Å². The summed E-state index contributed by atoms with van der Waals surface area (Å²) in [4.78, 5) is 3.39. The minimum absolute atomic E-state index is 0.126. The molecule has 0 fully saturated rings. The maximum atomic E-state index is 15.3. The minimum Gasteiger partial charge on any atom is -0.465 e. The Balaban J connectivity index is 1.86. The van der Waals surface area contributed by atoms with Crippen LogP contribution in [0.15, 0.2) is 117 Å². The highest BCUT2D eigenvalue weighted by Gasteiger charge is 2.65. The lowest BCUT2D eigenvalue weighted by Crippen LogP contribution is -2.43. The summed E-state index contributed by atoms with van der Waals surface area (Å²) in [6.45, 7) is 12.6. The van der Waals surface area contributed by atoms with Crippen LogP contribution in [0.25, 0.3) is 6.08 Å². The number of hydrogen-bond donors (Lipinski definition) is 0. The molecule has 0 N–H and O–H groups in total. The minimum atomic E-state index is -5.05. The van der Waals surface area contributed by atoms with Gasteiger partial charge in [0.1, 0.15) is 23.8 Å². The van der Waals surface area contributed by atoms with Crippen molar-refractivity contribution >= 4 is 23.5 Å². The predicted octanol–water partition coefficient (Wildman–Crippen LogP) is 11.2. The normalized spacial score (nSPS) is 19.7. The summed E-state index contributed by atoms with van der Waals surface area (Å²) in [5, 5.41) is 29.3. The van der Waals surface area contributed by atoms with E-state index in [-0.39, 0.29) is 11.0 Å². The molecule has 264 valence electrons. The van der Waals surface area contributed by atoms with Gasteiger partial charge in [-0.05, 0) is 73.1 Å². The van der Waals surface area contributed by atoms with Gasteiger partial charge in [-0.2, -0.15) is 29.0 Å². The first kappa shape index (κ1) is 38.9. The number of hydrogen-bond acceptors (Lipinski definition) is 6. The highest BCUT2D eigenvalue weighted by molar-refractivity contribution is 8.03. The Morgan fingerprint density at radius 3 is 2.16 bits per heavy atom. The van der Waals surface area contributed by atoms with Gasteiger partial charge in [0, 0.05) is 34.8 Å². The van der Waals surface area contributed by atoms with E-state index in [0.717, 1.165) is 59.7 Å². The fourth-order valence-corrected chi connectivity index (χ4v) is 7.80. The molecule has 2 aromatic rings. The molecule has 1 aliphatic heterocycles. The maximum absolute atomic E-state index is 15.3. The van der Waals surface area contributed by atoms with Gasteiger partial charge in [0.15, 0.2) is 11.3 Å². The van der Waals surface area contributed by atoms with E-state index in [1.807, 2.05) is 12.1 Å². The fourth-order valence-electron chi connectivity index (χ4n) is 6.51. The predicted molar refractivity (Wildman–Crippen MR) is 200 cm³/mol. The standard InChI is InChI=1S/C42H43F3N4OS/c1-6-9-24-51-39-31(25-40(4,5)26-32(39)21-18-30-19-22-35(23-20-30)49(7-2)8-3)14-13-17-37-36(29-48)38(33(27-46)28-47)50-41(37,42(43,44)45)34-15-11-10-12-16-34/h10-23H,6-9,24-26H2,1-5H3/b17-13+,21-18+,31-14+. The second-order valence-corrected chi connectivity index (χ2v) is 14.3. The van der Waals surface area contributed by atoms with Crippen LogP contribution in [0.4, 0.5) is 18.9 Å². The number of ether oxygens (including phenoxy) is 1. The first-order valence-corrected chi connectivity index (χ1v) is 18.2. The Kier molecular flexibility index (Phi) is 12.9. The summed E-state index contributed by atoms with van der Waals surface area (Å²) >= 11 is 1.76. The summed E-state index contributed by atoms with van der Waals surface area (Å²) in [7, 11) is 0. The van der Waals surface area contributed by atoms with Crippen molar-refractivity contribution in [1.29, 1.82) is 15.8 Å². The van der Waals surface area contributed by atoms with Crippen molar-refractivity contribution in [3.05, 3.63) is 129 Å². The Morgan fingerprint density at radius 1 is 0.922 bits per heavy atom. The van der Waals surface area contributed by atoms with Gasteiger partial charge in [-0.1, -0.05) is 100 Å². The van der Waals surface area contributed by atoms with Gasteiger partial charge in [0.05, 0.1) is 0 Å². The zero-order chi connectivity index (χ0) is 37.2. The second-order valence-electron chi connectivity index (χ2n) is 13.2. The van der Waals surface area contributed by atoms with E-state index in [1.165, 1.54) is 42.1 Å². The number of rotatable bonds is 12. The molecule has 2 aromatic carbocycles. The largest absolute Gasteiger partial charge is 0.465 e. The van der Waals surface area contributed by atoms with Crippen molar-refractivity contribution < 1.29 is 17.9 Å². The summed E-state index contributed by atoms with van der Waals surface area (Å²) in [6.07, 6.45) is 7.41. The Labute approximate surface area is 304 Å². The number of alkyl halides is 3. The monoisotopic (exact) mass is 708 g/mol. The molecule has 51 heavy (non-hydrogen) atoms. The van der Waals surface area contributed by atoms with Crippen LogP contribution in [0.2, 0.25) is 0 Å². The zero-order valence-corrected chi connectivity index (χ0v) is 30.6. The molecule has 0 amide bonds. The molecular weight excluding hydrogens is 666 g/mol. The van der Waals surface area contributed by atoms with Gasteiger partial charge in [0.25, 0.3) is 5.60 Å². The van der Waals surface area contributed by atoms with Crippen molar-refractivity contribution in [2.24, 2.45) is 5.41 Å². The Bertz CT molecular complexity index is 1880. The third-order valence-electron chi connectivity index (χ3n) is 9.00. The van der Waals surface area contributed by atoms with E-state index >= 15 is 13.2 Å². The fraction of sp³-hybridized carbons (Fsp3) is 0.357. The Morgan fingerprint density at radius 2 is 1.59 bits per heavy atom. The van der Waals surface area contributed by atoms with Crippen LogP contribution in [0, 0.1) is 39.4 Å². The average molecular weight is 709 g/mol. The number of benzene rings is 2. The number of nitriles is 3. The molecule has 0 saturated carbocycles. The molecule has 1 atom stereocenters. The molecule has 0 saturated heterocycles. The molecule has 5 nitrogen and oxygen atoms in total. The van der Waals surface area contributed by atoms with Crippen LogP contribution in [0.5, 0.6) is 0 Å². The number of unbranched alkanes of at least 4 members (excludes halogenated alkanes) is 1. The van der Waals surface area contributed by atoms with Gasteiger partial charge in [-0.25, -0.2) is 0 Å². The van der Waals surface area contributed by atoms with Crippen molar-refractivity contribution in [3.8, 4) is 18.2 Å². The summed E-state index contributed by atoms with van der Waals surface area (Å²) < 4.78 is 51.4. The highest BCUT2D eigenvalue weighted by Crippen LogP contribution is 2.56. The number of thioether (sulfide) groups is 1. The Hall–Kier alpha value is -4.91. The van der Waals surface area contributed by atoms with E-state index < -0.39 is 34.3 Å². The molecule has 9 heteroatoms. The zero-order valence-electron chi connectivity index (χ0n) is 29.8. The first-order chi connectivity index (χ1) is 24.4. The SMILES string of the molecule is CCCCSC1=C(/C=C/c2ccc(N(CC)CC)cc2)CC(C)(C)C/C1=C\C=C\C1=C(C#N)C(=C(C#N)C#N)OC1(c1ccccc1)C(F)(F)F. The van der Waals surface area contributed by atoms with E-state index in [9.17, 15) is 15.8 Å². The number of nitrogens with zero attached hydrogens (tertiary/aromatic N) is 4. The van der Waals surface area contributed by atoms with Crippen LogP contribution in [0.3, 0.4) is 0 Å². The highest BCUT2D eigenvalue weighted by atomic mass is 32.2. The van der Waals surface area contributed by atoms with Gasteiger partial charge >= 0.3 is 6.18 Å². The van der Waals surface area contributed by atoms with Crippen molar-refractivity contribution in [2.45, 2.75) is 72.1 Å². The molecule has 0 aromatic heterocycles. The first-order valence-electron chi connectivity index (χ1n) is 17.2. The molecule has 0 bridgehead atoms. The van der Waals surface area contributed by atoms with Crippen molar-refractivity contribution in [1.82, 2.24) is 0 Å². The quantitative estimate of drug-likeness (QED) is 0.161. The number of allylic oxidation sites excluding steroid dienone is 7. The summed E-state index contributed by atoms with van der Waals surface area (Å²) in [5.41, 5.74) is -0.790. The molecule has 1 unspecified atom stereocenters. The van der Waals surface area contributed by atoms with E-state index in [4.69, 9.17) is 4.74 Å². The van der Waals surface area contributed by atoms with Gasteiger partial charge in [-0.15, -0.1) is 11.8 Å². The van der Waals surface area contributed by atoms with Crippen LogP contribution < -0.4 is 4.90 Å². The molecular formula is C42H43F3N4OS. The van der Waals surface area contributed by atoms with E-state index in [2.05, 4.69) is 75.9 Å². The van der Waals surface area contributed by atoms with Gasteiger partial charge in [0.2, 0.25) is 0 Å². The summed E-state index contributed by atoms with van der Waals surface area (Å²) in [5.74, 6) is 0.216. The molecule has 0 spiro atoms. The number of anilines is 1. The molecule has 4 rings (SSSR count). The lowest BCUT2D eigenvalue weighted by molar-refractivity contribution is -0.249.